The third kappa shape index (κ3) is 6.61. The van der Waals surface area contributed by atoms with Crippen LogP contribution in [0.25, 0.3) is 0 Å². The lowest BCUT2D eigenvalue weighted by atomic mass is 10.0. The predicted molar refractivity (Wildman–Crippen MR) is 136 cm³/mol. The molecule has 0 saturated carbocycles. The molecule has 4 nitrogen and oxygen atoms in total. The second kappa shape index (κ2) is 11.5. The molecular formula is C30H20F6N2O2. The fraction of sp³-hybridized carbons (Fsp3) is 0.133. The van der Waals surface area contributed by atoms with Crippen LogP contribution in [0.2, 0.25) is 0 Å². The van der Waals surface area contributed by atoms with Gasteiger partial charge in [0.25, 0.3) is 0 Å². The van der Waals surface area contributed by atoms with E-state index in [0.29, 0.717) is 5.56 Å². The van der Waals surface area contributed by atoms with Crippen LogP contribution in [0, 0.1) is 23.0 Å². The van der Waals surface area contributed by atoms with Crippen LogP contribution in [0.4, 0.5) is 26.3 Å². The molecule has 0 amide bonds. The summed E-state index contributed by atoms with van der Waals surface area (Å²) >= 11 is 0. The largest absolute Gasteiger partial charge is 0.429 e. The van der Waals surface area contributed by atoms with Gasteiger partial charge >= 0.3 is 12.2 Å². The van der Waals surface area contributed by atoms with E-state index in [0.717, 1.165) is 36.4 Å². The Bertz CT molecular complexity index is 1560. The number of nitrogens with zero attached hydrogens (tertiary/aromatic N) is 2. The smallest absolute Gasteiger partial charge is 0.429 e. The van der Waals surface area contributed by atoms with E-state index in [1.54, 1.807) is 7.05 Å². The SMILES string of the molecule is CN=Cc1ccc(OC(F)(F)c2ccc(Cc3ccc(C(F)(F)Oc4ccc(C#N)cc4)c(F)c3)cc2F)cc1. The standard InChI is InChI=1S/C30H20F6N2O2/c1-38-18-20-4-10-24(11-5-20)40-30(35,36)26-13-7-22(16-28(26)32)14-21-6-12-25(27(31)15-21)29(33,34)39-23-8-2-19(17-37)3-9-23/h2-13,15-16,18H,14H2,1H3. The fourth-order valence-electron chi connectivity index (χ4n) is 3.82. The molecule has 0 saturated heterocycles. The fourth-order valence-corrected chi connectivity index (χ4v) is 3.82. The Hall–Kier alpha value is -4.78. The van der Waals surface area contributed by atoms with E-state index in [4.69, 9.17) is 10.00 Å². The zero-order chi connectivity index (χ0) is 28.9. The number of ether oxygens (including phenoxy) is 2. The van der Waals surface area contributed by atoms with Crippen molar-refractivity contribution in [1.82, 2.24) is 0 Å². The molecule has 4 aromatic rings. The molecule has 0 aromatic heterocycles. The first kappa shape index (κ1) is 28.2. The monoisotopic (exact) mass is 554 g/mol. The Balaban J connectivity index is 1.46. The minimum absolute atomic E-state index is 0.122. The van der Waals surface area contributed by atoms with Crippen LogP contribution in [0.3, 0.4) is 0 Å². The van der Waals surface area contributed by atoms with Crippen LogP contribution in [0.1, 0.15) is 33.4 Å². The van der Waals surface area contributed by atoms with Crippen LogP contribution < -0.4 is 9.47 Å². The zero-order valence-electron chi connectivity index (χ0n) is 20.8. The number of halogens is 6. The molecule has 0 aliphatic carbocycles. The lowest BCUT2D eigenvalue weighted by Crippen LogP contribution is -2.23. The van der Waals surface area contributed by atoms with Gasteiger partial charge < -0.3 is 9.47 Å². The van der Waals surface area contributed by atoms with Gasteiger partial charge in [-0.15, -0.1) is 0 Å². The van der Waals surface area contributed by atoms with Gasteiger partial charge in [-0.05, 0) is 95.9 Å². The van der Waals surface area contributed by atoms with E-state index in [1.165, 1.54) is 54.7 Å². The normalized spacial score (nSPS) is 11.8. The summed E-state index contributed by atoms with van der Waals surface area (Å²) < 4.78 is 97.2. The van der Waals surface area contributed by atoms with Gasteiger partial charge in [-0.3, -0.25) is 4.99 Å². The highest BCUT2D eigenvalue weighted by molar-refractivity contribution is 5.79. The summed E-state index contributed by atoms with van der Waals surface area (Å²) in [6.45, 7) is 0. The van der Waals surface area contributed by atoms with Gasteiger partial charge in [0.2, 0.25) is 0 Å². The molecule has 0 radical (unpaired) electrons. The Kier molecular flexibility index (Phi) is 8.14. The molecule has 40 heavy (non-hydrogen) atoms. The highest BCUT2D eigenvalue weighted by atomic mass is 19.3. The summed E-state index contributed by atoms with van der Waals surface area (Å²) in [6, 6.07) is 18.1. The summed E-state index contributed by atoms with van der Waals surface area (Å²) in [5, 5.41) is 8.80. The second-order valence-electron chi connectivity index (χ2n) is 8.64. The summed E-state index contributed by atoms with van der Waals surface area (Å²) in [5.41, 5.74) is -0.736. The molecule has 0 aliphatic rings. The lowest BCUT2D eigenvalue weighted by Gasteiger charge is -2.20. The van der Waals surface area contributed by atoms with Crippen LogP contribution >= 0.6 is 0 Å². The Morgan fingerprint density at radius 2 is 1.18 bits per heavy atom. The summed E-state index contributed by atoms with van der Waals surface area (Å²) in [6.07, 6.45) is -6.61. The van der Waals surface area contributed by atoms with E-state index in [-0.39, 0.29) is 34.6 Å². The molecule has 4 aromatic carbocycles. The molecule has 0 N–H and O–H groups in total. The first-order valence-corrected chi connectivity index (χ1v) is 11.7. The average Bonchev–Trinajstić information content (AvgIpc) is 2.90. The van der Waals surface area contributed by atoms with E-state index < -0.39 is 35.0 Å². The Labute approximate surface area is 225 Å². The number of hydrogen-bond donors (Lipinski definition) is 0. The van der Waals surface area contributed by atoms with E-state index in [9.17, 15) is 26.3 Å². The third-order valence-corrected chi connectivity index (χ3v) is 5.74. The first-order chi connectivity index (χ1) is 19.0. The predicted octanol–water partition coefficient (Wildman–Crippen LogP) is 7.73. The maximum Gasteiger partial charge on any atom is 0.429 e. The Morgan fingerprint density at radius 3 is 1.57 bits per heavy atom. The molecule has 0 unspecified atom stereocenters. The van der Waals surface area contributed by atoms with Crippen molar-refractivity contribution in [2.45, 2.75) is 18.6 Å². The number of benzene rings is 4. The molecule has 4 rings (SSSR count). The molecule has 10 heteroatoms. The molecule has 0 fully saturated rings. The van der Waals surface area contributed by atoms with Crippen molar-refractivity contribution in [1.29, 1.82) is 5.26 Å². The van der Waals surface area contributed by atoms with Gasteiger partial charge in [0.05, 0.1) is 22.8 Å². The third-order valence-electron chi connectivity index (χ3n) is 5.74. The molecule has 0 atom stereocenters. The molecule has 204 valence electrons. The maximum absolute atomic E-state index is 14.7. The second-order valence-corrected chi connectivity index (χ2v) is 8.64. The minimum Gasteiger partial charge on any atom is -0.429 e. The highest BCUT2D eigenvalue weighted by Crippen LogP contribution is 2.35. The number of nitriles is 1. The molecule has 0 bridgehead atoms. The van der Waals surface area contributed by atoms with Crippen molar-refractivity contribution in [2.75, 3.05) is 7.05 Å². The molecular weight excluding hydrogens is 534 g/mol. The van der Waals surface area contributed by atoms with Gasteiger partial charge in [-0.25, -0.2) is 8.78 Å². The number of aliphatic imine (C=N–C) groups is 1. The van der Waals surface area contributed by atoms with Gasteiger partial charge in [0.1, 0.15) is 23.1 Å². The topological polar surface area (TPSA) is 54.6 Å². The molecule has 0 spiro atoms. The van der Waals surface area contributed by atoms with Gasteiger partial charge in [0.15, 0.2) is 0 Å². The van der Waals surface area contributed by atoms with Crippen molar-refractivity contribution in [3.8, 4) is 17.6 Å². The lowest BCUT2D eigenvalue weighted by molar-refractivity contribution is -0.188. The van der Waals surface area contributed by atoms with Gasteiger partial charge in [0, 0.05) is 13.3 Å². The minimum atomic E-state index is -4.03. The van der Waals surface area contributed by atoms with Crippen LogP contribution in [0.5, 0.6) is 11.5 Å². The molecule has 0 aliphatic heterocycles. The maximum atomic E-state index is 14.7. The van der Waals surface area contributed by atoms with E-state index in [1.807, 2.05) is 6.07 Å². The number of alkyl halides is 4. The number of hydrogen-bond acceptors (Lipinski definition) is 4. The van der Waals surface area contributed by atoms with Crippen LogP contribution in [-0.4, -0.2) is 13.3 Å². The van der Waals surface area contributed by atoms with Crippen molar-refractivity contribution in [2.24, 2.45) is 4.99 Å². The van der Waals surface area contributed by atoms with E-state index >= 15 is 0 Å². The van der Waals surface area contributed by atoms with Gasteiger partial charge in [-0.2, -0.15) is 22.8 Å². The quantitative estimate of drug-likeness (QED) is 0.157. The summed E-state index contributed by atoms with van der Waals surface area (Å²) in [4.78, 5) is 3.82. The highest BCUT2D eigenvalue weighted by Gasteiger charge is 2.39. The van der Waals surface area contributed by atoms with Crippen molar-refractivity contribution in [3.63, 3.8) is 0 Å². The molecule has 0 heterocycles. The van der Waals surface area contributed by atoms with Crippen LogP contribution in [0.15, 0.2) is 89.9 Å². The van der Waals surface area contributed by atoms with Gasteiger partial charge in [-0.1, -0.05) is 12.1 Å². The summed E-state index contributed by atoms with van der Waals surface area (Å²) in [7, 11) is 1.56. The summed E-state index contributed by atoms with van der Waals surface area (Å²) in [5.74, 6) is -2.98. The Morgan fingerprint density at radius 1 is 0.725 bits per heavy atom. The van der Waals surface area contributed by atoms with E-state index in [2.05, 4.69) is 9.73 Å². The number of rotatable bonds is 9. The van der Waals surface area contributed by atoms with Crippen molar-refractivity contribution < 1.29 is 35.8 Å². The van der Waals surface area contributed by atoms with Crippen molar-refractivity contribution in [3.05, 3.63) is 130 Å². The zero-order valence-corrected chi connectivity index (χ0v) is 20.8. The van der Waals surface area contributed by atoms with Crippen LogP contribution in [-0.2, 0) is 18.6 Å². The van der Waals surface area contributed by atoms with Crippen molar-refractivity contribution >= 4 is 6.21 Å². The average molecular weight is 554 g/mol. The first-order valence-electron chi connectivity index (χ1n) is 11.7.